The molecule has 1 rings (SSSR count). The second-order valence-electron chi connectivity index (χ2n) is 2.19. The molecule has 2 N–H and O–H groups in total. The lowest BCUT2D eigenvalue weighted by Crippen LogP contribution is -2.09. The highest BCUT2D eigenvalue weighted by molar-refractivity contribution is 6.30. The lowest BCUT2D eigenvalue weighted by molar-refractivity contribution is -0.137. The highest BCUT2D eigenvalue weighted by Crippen LogP contribution is 2.34. The van der Waals surface area contributed by atoms with Gasteiger partial charge in [0.25, 0.3) is 0 Å². The molecule has 0 atom stereocenters. The molecule has 7 heteroatoms. The first-order chi connectivity index (χ1) is 6.82. The smallest absolute Gasteiger partial charge is 0.381 e. The molecule has 0 spiro atoms. The second kappa shape index (κ2) is 5.16. The van der Waals surface area contributed by atoms with Crippen molar-refractivity contribution in [2.45, 2.75) is 20.0 Å². The molecule has 1 heterocycles. The monoisotopic (exact) mass is 244 g/mol. The van der Waals surface area contributed by atoms with Crippen LogP contribution in [0.2, 0.25) is 5.15 Å². The van der Waals surface area contributed by atoms with Crippen molar-refractivity contribution < 1.29 is 17.6 Å². The highest BCUT2D eigenvalue weighted by Gasteiger charge is 2.34. The summed E-state index contributed by atoms with van der Waals surface area (Å²) in [6, 6.07) is 0.213. The predicted octanol–water partition coefficient (Wildman–Crippen LogP) is 3.50. The van der Waals surface area contributed by atoms with Crippen molar-refractivity contribution in [3.8, 4) is 0 Å². The van der Waals surface area contributed by atoms with Crippen LogP contribution in [-0.4, -0.2) is 4.98 Å². The van der Waals surface area contributed by atoms with Crippen LogP contribution in [0.25, 0.3) is 0 Å². The molecule has 86 valence electrons. The molecule has 0 saturated carbocycles. The Bertz CT molecular complexity index is 338. The number of anilines is 1. The van der Waals surface area contributed by atoms with E-state index in [1.165, 1.54) is 0 Å². The Morgan fingerprint density at radius 1 is 1.33 bits per heavy atom. The first kappa shape index (κ1) is 14.0. The van der Waals surface area contributed by atoms with Crippen LogP contribution in [0.5, 0.6) is 0 Å². The highest BCUT2D eigenvalue weighted by atomic mass is 35.5. The van der Waals surface area contributed by atoms with Crippen LogP contribution in [0.4, 0.5) is 23.4 Å². The predicted molar refractivity (Wildman–Crippen MR) is 50.0 cm³/mol. The van der Waals surface area contributed by atoms with Crippen LogP contribution in [0.1, 0.15) is 19.4 Å². The summed E-state index contributed by atoms with van der Waals surface area (Å²) < 4.78 is 48.6. The summed E-state index contributed by atoms with van der Waals surface area (Å²) in [5.41, 5.74) is 3.56. The van der Waals surface area contributed by atoms with Gasteiger partial charge in [-0.3, -0.25) is 0 Å². The Kier molecular flexibility index (Phi) is 4.80. The van der Waals surface area contributed by atoms with Crippen LogP contribution >= 0.6 is 11.6 Å². The number of hydrogen-bond acceptors (Lipinski definition) is 2. The molecular formula is C8H9ClF4N2. The van der Waals surface area contributed by atoms with Crippen molar-refractivity contribution in [1.29, 1.82) is 0 Å². The zero-order valence-corrected chi connectivity index (χ0v) is 8.75. The average Bonchev–Trinajstić information content (AvgIpc) is 2.13. The zero-order chi connectivity index (χ0) is 12.2. The number of aromatic nitrogens is 1. The van der Waals surface area contributed by atoms with E-state index in [0.29, 0.717) is 0 Å². The summed E-state index contributed by atoms with van der Waals surface area (Å²) in [4.78, 5) is 2.99. The molecule has 0 aromatic carbocycles. The summed E-state index contributed by atoms with van der Waals surface area (Å²) in [5, 5.41) is -0.855. The molecule has 0 bridgehead atoms. The van der Waals surface area contributed by atoms with E-state index in [-0.39, 0.29) is 6.07 Å². The first-order valence-corrected chi connectivity index (χ1v) is 4.39. The number of nitrogen functional groups attached to an aromatic ring is 1. The van der Waals surface area contributed by atoms with Crippen molar-refractivity contribution in [3.05, 3.63) is 22.6 Å². The van der Waals surface area contributed by atoms with Gasteiger partial charge in [-0.05, 0) is 6.07 Å². The van der Waals surface area contributed by atoms with Gasteiger partial charge in [-0.15, -0.1) is 0 Å². The van der Waals surface area contributed by atoms with Gasteiger partial charge in [-0.25, -0.2) is 9.37 Å². The number of alkyl halides is 3. The minimum atomic E-state index is -4.72. The van der Waals surface area contributed by atoms with E-state index in [1.54, 1.807) is 0 Å². The maximum absolute atomic E-state index is 12.5. The summed E-state index contributed by atoms with van der Waals surface area (Å²) >= 11 is 5.11. The van der Waals surface area contributed by atoms with Crippen LogP contribution in [0.15, 0.2) is 6.07 Å². The van der Waals surface area contributed by atoms with Crippen LogP contribution in [-0.2, 0) is 6.18 Å². The van der Waals surface area contributed by atoms with Crippen molar-refractivity contribution in [1.82, 2.24) is 4.98 Å². The SMILES string of the molecule is CC.Nc1nc(Cl)c(C(F)(F)F)cc1F. The van der Waals surface area contributed by atoms with E-state index in [9.17, 15) is 17.6 Å². The maximum atomic E-state index is 12.5. The molecule has 1 aromatic heterocycles. The van der Waals surface area contributed by atoms with Gasteiger partial charge < -0.3 is 5.73 Å². The fourth-order valence-corrected chi connectivity index (χ4v) is 0.931. The minimum Gasteiger partial charge on any atom is -0.381 e. The number of hydrogen-bond donors (Lipinski definition) is 1. The Hall–Kier alpha value is -1.04. The van der Waals surface area contributed by atoms with Crippen molar-refractivity contribution >= 4 is 17.4 Å². The van der Waals surface area contributed by atoms with Gasteiger partial charge in [0.1, 0.15) is 5.15 Å². The summed E-state index contributed by atoms with van der Waals surface area (Å²) in [5.74, 6) is -1.89. The topological polar surface area (TPSA) is 38.9 Å². The molecule has 0 unspecified atom stereocenters. The maximum Gasteiger partial charge on any atom is 0.419 e. The third-order valence-corrected chi connectivity index (χ3v) is 1.55. The largest absolute Gasteiger partial charge is 0.419 e. The Balaban J connectivity index is 0.000000921. The number of halogens is 5. The first-order valence-electron chi connectivity index (χ1n) is 4.01. The normalized spacial score (nSPS) is 10.6. The second-order valence-corrected chi connectivity index (χ2v) is 2.55. The molecule has 0 aliphatic rings. The Morgan fingerprint density at radius 3 is 2.20 bits per heavy atom. The van der Waals surface area contributed by atoms with Gasteiger partial charge in [-0.1, -0.05) is 25.4 Å². The fraction of sp³-hybridized carbons (Fsp3) is 0.375. The molecule has 0 fully saturated rings. The molecule has 1 aromatic rings. The fourth-order valence-electron chi connectivity index (χ4n) is 0.678. The van der Waals surface area contributed by atoms with E-state index in [0.717, 1.165) is 0 Å². The average molecular weight is 245 g/mol. The van der Waals surface area contributed by atoms with Crippen LogP contribution < -0.4 is 5.73 Å². The van der Waals surface area contributed by atoms with Crippen molar-refractivity contribution in [3.63, 3.8) is 0 Å². The van der Waals surface area contributed by atoms with Crippen LogP contribution in [0.3, 0.4) is 0 Å². The molecule has 0 amide bonds. The molecule has 0 radical (unpaired) electrons. The molecular weight excluding hydrogens is 236 g/mol. The van der Waals surface area contributed by atoms with E-state index >= 15 is 0 Å². The van der Waals surface area contributed by atoms with E-state index in [1.807, 2.05) is 13.8 Å². The van der Waals surface area contributed by atoms with Crippen molar-refractivity contribution in [2.24, 2.45) is 0 Å². The van der Waals surface area contributed by atoms with Gasteiger partial charge in [-0.2, -0.15) is 13.2 Å². The summed E-state index contributed by atoms with van der Waals surface area (Å²) in [6.07, 6.45) is -4.72. The quantitative estimate of drug-likeness (QED) is 0.560. The van der Waals surface area contributed by atoms with Crippen LogP contribution in [0, 0.1) is 5.82 Å². The standard InChI is InChI=1S/C6H3ClF4N2.C2H6/c7-4-2(6(9,10)11)1-3(8)5(12)13-4;1-2/h1H,(H2,12,13);1-2H3. The van der Waals surface area contributed by atoms with E-state index < -0.39 is 28.5 Å². The number of nitrogens with zero attached hydrogens (tertiary/aromatic N) is 1. The Morgan fingerprint density at radius 2 is 1.80 bits per heavy atom. The Labute approximate surface area is 89.1 Å². The number of nitrogens with two attached hydrogens (primary N) is 1. The van der Waals surface area contributed by atoms with Crippen molar-refractivity contribution in [2.75, 3.05) is 5.73 Å². The zero-order valence-electron chi connectivity index (χ0n) is 7.99. The molecule has 0 aliphatic heterocycles. The molecule has 0 saturated heterocycles. The van der Waals surface area contributed by atoms with Gasteiger partial charge in [0.15, 0.2) is 11.6 Å². The lowest BCUT2D eigenvalue weighted by Gasteiger charge is -2.08. The third-order valence-electron chi connectivity index (χ3n) is 1.26. The number of pyridine rings is 1. The molecule has 2 nitrogen and oxygen atoms in total. The van der Waals surface area contributed by atoms with E-state index in [2.05, 4.69) is 4.98 Å². The lowest BCUT2D eigenvalue weighted by atomic mass is 10.2. The summed E-state index contributed by atoms with van der Waals surface area (Å²) in [7, 11) is 0. The third kappa shape index (κ3) is 3.54. The van der Waals surface area contributed by atoms with Gasteiger partial charge >= 0.3 is 6.18 Å². The summed E-state index contributed by atoms with van der Waals surface area (Å²) in [6.45, 7) is 4.00. The van der Waals surface area contributed by atoms with Gasteiger partial charge in [0.2, 0.25) is 0 Å². The van der Waals surface area contributed by atoms with Gasteiger partial charge in [0.05, 0.1) is 5.56 Å². The van der Waals surface area contributed by atoms with E-state index in [4.69, 9.17) is 17.3 Å². The number of rotatable bonds is 0. The molecule has 0 aliphatic carbocycles. The van der Waals surface area contributed by atoms with Gasteiger partial charge in [0, 0.05) is 0 Å². The molecule has 15 heavy (non-hydrogen) atoms. The minimum absolute atomic E-state index is 0.213.